The van der Waals surface area contributed by atoms with Crippen LogP contribution in [0.15, 0.2) is 76.8 Å². The fraction of sp³-hybridized carbons (Fsp3) is 0.240. The molecule has 1 aliphatic carbocycles. The molecule has 0 saturated carbocycles. The van der Waals surface area contributed by atoms with Crippen molar-refractivity contribution in [3.8, 4) is 0 Å². The lowest BCUT2D eigenvalue weighted by Gasteiger charge is -2.40. The van der Waals surface area contributed by atoms with Crippen LogP contribution in [0.5, 0.6) is 0 Å². The summed E-state index contributed by atoms with van der Waals surface area (Å²) in [4.78, 5) is 15.1. The molecule has 4 heteroatoms. The minimum atomic E-state index is -0.283. The Morgan fingerprint density at radius 3 is 2.59 bits per heavy atom. The van der Waals surface area contributed by atoms with Gasteiger partial charge in [0, 0.05) is 34.6 Å². The van der Waals surface area contributed by atoms with Crippen LogP contribution >= 0.6 is 15.9 Å². The number of carbonyl (C=O) groups is 1. The Bertz CT molecular complexity index is 1180. The second-order valence-corrected chi connectivity index (χ2v) is 9.03. The van der Waals surface area contributed by atoms with Crippen LogP contribution in [0.2, 0.25) is 0 Å². The number of halogens is 1. The molecule has 5 rings (SSSR count). The minimum Gasteiger partial charge on any atom is -0.466 e. The van der Waals surface area contributed by atoms with Gasteiger partial charge in [0.1, 0.15) is 0 Å². The van der Waals surface area contributed by atoms with E-state index >= 15 is 0 Å². The fourth-order valence-electron chi connectivity index (χ4n) is 5.28. The summed E-state index contributed by atoms with van der Waals surface area (Å²) in [5.74, 6) is -0.211. The Balaban J connectivity index is 1.72. The summed E-state index contributed by atoms with van der Waals surface area (Å²) in [5.41, 5.74) is 4.02. The van der Waals surface area contributed by atoms with Crippen LogP contribution in [0, 0.1) is 0 Å². The predicted molar refractivity (Wildman–Crippen MR) is 120 cm³/mol. The van der Waals surface area contributed by atoms with Crippen LogP contribution in [-0.4, -0.2) is 25.7 Å². The van der Waals surface area contributed by atoms with Crippen molar-refractivity contribution >= 4 is 38.4 Å². The number of nitrogens with zero attached hydrogens (tertiary/aromatic N) is 1. The van der Waals surface area contributed by atoms with Gasteiger partial charge in [-0.05, 0) is 47.0 Å². The summed E-state index contributed by atoms with van der Waals surface area (Å²) in [7, 11) is 3.60. The Hall–Kier alpha value is -2.59. The lowest BCUT2D eigenvalue weighted by Crippen LogP contribution is -2.46. The van der Waals surface area contributed by atoms with E-state index in [9.17, 15) is 4.79 Å². The van der Waals surface area contributed by atoms with Gasteiger partial charge in [-0.1, -0.05) is 64.5 Å². The van der Waals surface area contributed by atoms with Crippen molar-refractivity contribution in [2.45, 2.75) is 24.3 Å². The van der Waals surface area contributed by atoms with Crippen molar-refractivity contribution in [3.05, 3.63) is 87.9 Å². The number of esters is 1. The maximum atomic E-state index is 12.8. The number of methoxy groups -OCH3 is 1. The molecule has 0 unspecified atom stereocenters. The molecule has 0 aromatic heterocycles. The summed E-state index contributed by atoms with van der Waals surface area (Å²) in [6.07, 6.45) is 2.13. The van der Waals surface area contributed by atoms with Gasteiger partial charge in [-0.2, -0.15) is 0 Å². The zero-order chi connectivity index (χ0) is 20.3. The standard InChI is InChI=1S/C25H22BrNO2/c1-25-21(17-9-8-15-6-4-5-7-16(15)12-17)14-20(24(28)29-3)23(25)19-13-18(26)10-11-22(19)27(25)2/h4-14,21,23H,1-3H3/t21-,23+,25-/m1/s1. The second-order valence-electron chi connectivity index (χ2n) is 8.12. The molecular weight excluding hydrogens is 426 g/mol. The number of hydrogen-bond donors (Lipinski definition) is 0. The highest BCUT2D eigenvalue weighted by Crippen LogP contribution is 2.61. The molecule has 0 saturated heterocycles. The van der Waals surface area contributed by atoms with Crippen molar-refractivity contribution in [1.29, 1.82) is 0 Å². The largest absolute Gasteiger partial charge is 0.466 e. The van der Waals surface area contributed by atoms with Gasteiger partial charge < -0.3 is 9.64 Å². The van der Waals surface area contributed by atoms with Gasteiger partial charge in [-0.25, -0.2) is 4.79 Å². The normalized spacial score (nSPS) is 25.0. The molecule has 0 N–H and O–H groups in total. The monoisotopic (exact) mass is 447 g/mol. The number of hydrogen-bond acceptors (Lipinski definition) is 3. The Labute approximate surface area is 179 Å². The van der Waals surface area contributed by atoms with Gasteiger partial charge in [0.15, 0.2) is 0 Å². The molecular formula is C25H22BrNO2. The van der Waals surface area contributed by atoms with Crippen molar-refractivity contribution in [2.24, 2.45) is 0 Å². The van der Waals surface area contributed by atoms with Crippen LogP contribution in [0.25, 0.3) is 10.8 Å². The van der Waals surface area contributed by atoms with Crippen LogP contribution in [0.3, 0.4) is 0 Å². The second kappa shape index (κ2) is 6.46. The van der Waals surface area contributed by atoms with E-state index in [0.29, 0.717) is 0 Å². The molecule has 3 atom stereocenters. The maximum Gasteiger partial charge on any atom is 0.334 e. The SMILES string of the molecule is COC(=O)C1=C[C@H](c2ccc3ccccc3c2)[C@]2(C)[C@H]1c1cc(Br)ccc1N2C. The van der Waals surface area contributed by atoms with Gasteiger partial charge in [0.25, 0.3) is 0 Å². The first-order valence-electron chi connectivity index (χ1n) is 9.77. The van der Waals surface area contributed by atoms with E-state index in [2.05, 4.69) is 102 Å². The number of rotatable bonds is 2. The topological polar surface area (TPSA) is 29.5 Å². The lowest BCUT2D eigenvalue weighted by molar-refractivity contribution is -0.136. The molecule has 0 bridgehead atoms. The number of fused-ring (bicyclic) bond motifs is 4. The third-order valence-electron chi connectivity index (χ3n) is 6.81. The third-order valence-corrected chi connectivity index (χ3v) is 7.30. The molecule has 0 spiro atoms. The van der Waals surface area contributed by atoms with E-state index in [1.54, 1.807) is 0 Å². The highest BCUT2D eigenvalue weighted by atomic mass is 79.9. The molecule has 0 radical (unpaired) electrons. The molecule has 1 aliphatic heterocycles. The Kier molecular flexibility index (Phi) is 4.11. The van der Waals surface area contributed by atoms with Gasteiger partial charge >= 0.3 is 5.97 Å². The first-order chi connectivity index (χ1) is 13.9. The number of likely N-dealkylation sites (N-methyl/N-ethyl adjacent to an activating group) is 1. The van der Waals surface area contributed by atoms with E-state index < -0.39 is 0 Å². The minimum absolute atomic E-state index is 0.0380. The maximum absolute atomic E-state index is 12.8. The third kappa shape index (κ3) is 2.52. The summed E-state index contributed by atoms with van der Waals surface area (Å²) in [5, 5.41) is 2.44. The predicted octanol–water partition coefficient (Wildman–Crippen LogP) is 5.79. The first kappa shape index (κ1) is 18.4. The smallest absolute Gasteiger partial charge is 0.334 e. The fourth-order valence-corrected chi connectivity index (χ4v) is 5.66. The molecule has 3 nitrogen and oxygen atoms in total. The van der Waals surface area contributed by atoms with Gasteiger partial charge in [0.05, 0.1) is 12.6 Å². The molecule has 3 aromatic rings. The van der Waals surface area contributed by atoms with Crippen LogP contribution in [-0.2, 0) is 9.53 Å². The number of anilines is 1. The average molecular weight is 448 g/mol. The number of ether oxygens (including phenoxy) is 1. The van der Waals surface area contributed by atoms with Gasteiger partial charge in [-0.3, -0.25) is 0 Å². The highest BCUT2D eigenvalue weighted by Gasteiger charge is 2.57. The van der Waals surface area contributed by atoms with E-state index in [1.165, 1.54) is 34.7 Å². The van der Waals surface area contributed by atoms with Gasteiger partial charge in [-0.15, -0.1) is 0 Å². The van der Waals surface area contributed by atoms with E-state index in [-0.39, 0.29) is 23.3 Å². The van der Waals surface area contributed by atoms with Crippen molar-refractivity contribution in [1.82, 2.24) is 0 Å². The summed E-state index contributed by atoms with van der Waals surface area (Å²) in [6.45, 7) is 2.26. The van der Waals surface area contributed by atoms with Gasteiger partial charge in [0.2, 0.25) is 0 Å². The summed E-state index contributed by atoms with van der Waals surface area (Å²) < 4.78 is 6.21. The zero-order valence-corrected chi connectivity index (χ0v) is 18.2. The molecule has 0 amide bonds. The van der Waals surface area contributed by atoms with Crippen molar-refractivity contribution < 1.29 is 9.53 Å². The van der Waals surface area contributed by atoms with Crippen molar-refractivity contribution in [2.75, 3.05) is 19.1 Å². The van der Waals surface area contributed by atoms with E-state index in [4.69, 9.17) is 4.74 Å². The van der Waals surface area contributed by atoms with Crippen LogP contribution in [0.1, 0.15) is 29.9 Å². The molecule has 1 heterocycles. The molecule has 0 fully saturated rings. The molecule has 2 aliphatic rings. The van der Waals surface area contributed by atoms with Crippen LogP contribution in [0.4, 0.5) is 5.69 Å². The molecule has 29 heavy (non-hydrogen) atoms. The highest BCUT2D eigenvalue weighted by molar-refractivity contribution is 9.10. The number of carbonyl (C=O) groups excluding carboxylic acids is 1. The van der Waals surface area contributed by atoms with E-state index in [1.807, 2.05) is 0 Å². The quantitative estimate of drug-likeness (QED) is 0.465. The average Bonchev–Trinajstić information content (AvgIpc) is 3.16. The Morgan fingerprint density at radius 1 is 1.07 bits per heavy atom. The van der Waals surface area contributed by atoms with Crippen LogP contribution < -0.4 is 4.90 Å². The lowest BCUT2D eigenvalue weighted by atomic mass is 9.75. The first-order valence-corrected chi connectivity index (χ1v) is 10.6. The van der Waals surface area contributed by atoms with E-state index in [0.717, 1.165) is 10.0 Å². The molecule has 3 aromatic carbocycles. The summed E-state index contributed by atoms with van der Waals surface area (Å²) in [6, 6.07) is 21.4. The Morgan fingerprint density at radius 2 is 1.83 bits per heavy atom. The zero-order valence-electron chi connectivity index (χ0n) is 16.6. The number of benzene rings is 3. The molecule has 146 valence electrons. The van der Waals surface area contributed by atoms with Crippen molar-refractivity contribution in [3.63, 3.8) is 0 Å². The summed E-state index contributed by atoms with van der Waals surface area (Å²) >= 11 is 3.61.